The molecule has 1 N–H and O–H groups in total. The van der Waals surface area contributed by atoms with E-state index in [4.69, 9.17) is 5.26 Å². The Balaban J connectivity index is 1.82. The number of nitrogens with zero attached hydrogens (tertiary/aromatic N) is 4. The summed E-state index contributed by atoms with van der Waals surface area (Å²) in [5, 5.41) is 20.4. The number of benzene rings is 1. The third-order valence-electron chi connectivity index (χ3n) is 2.89. The highest BCUT2D eigenvalue weighted by atomic mass is 32.2. The first-order valence-corrected chi connectivity index (χ1v) is 7.37. The first-order chi connectivity index (χ1) is 10.1. The van der Waals surface area contributed by atoms with Gasteiger partial charge in [-0.05, 0) is 25.1 Å². The van der Waals surface area contributed by atoms with Gasteiger partial charge >= 0.3 is 0 Å². The maximum Gasteiger partial charge on any atom is 0.225 e. The van der Waals surface area contributed by atoms with Gasteiger partial charge in [0.25, 0.3) is 0 Å². The molecule has 6 nitrogen and oxygen atoms in total. The molecule has 0 aliphatic rings. The summed E-state index contributed by atoms with van der Waals surface area (Å²) in [5.41, 5.74) is 1.16. The Labute approximate surface area is 127 Å². The lowest BCUT2D eigenvalue weighted by atomic mass is 10.2. The first-order valence-electron chi connectivity index (χ1n) is 6.39. The highest BCUT2D eigenvalue weighted by Crippen LogP contribution is 2.17. The number of carbonyl (C=O) groups is 1. The number of hydrogen-bond donors (Lipinski definition) is 1. The maximum atomic E-state index is 11.8. The molecule has 0 saturated heterocycles. The van der Waals surface area contributed by atoms with Crippen LogP contribution in [0.5, 0.6) is 0 Å². The van der Waals surface area contributed by atoms with Crippen LogP contribution in [0.4, 0.5) is 5.69 Å². The van der Waals surface area contributed by atoms with E-state index in [2.05, 4.69) is 15.5 Å². The predicted octanol–water partition coefficient (Wildman–Crippen LogP) is 2.12. The molecule has 0 unspecified atom stereocenters. The number of carbonyl (C=O) groups excluding carboxylic acids is 1. The molecule has 1 heterocycles. The summed E-state index contributed by atoms with van der Waals surface area (Å²) in [6, 6.07) is 8.89. The highest BCUT2D eigenvalue weighted by Gasteiger charge is 2.08. The molecule has 108 valence electrons. The fourth-order valence-electron chi connectivity index (χ4n) is 1.64. The van der Waals surface area contributed by atoms with Crippen molar-refractivity contribution in [3.8, 4) is 6.07 Å². The Hall–Kier alpha value is -2.33. The van der Waals surface area contributed by atoms with Crippen molar-refractivity contribution < 1.29 is 4.79 Å². The number of thioether (sulfide) groups is 1. The lowest BCUT2D eigenvalue weighted by Crippen LogP contribution is -2.12. The number of aromatic nitrogens is 3. The summed E-state index contributed by atoms with van der Waals surface area (Å²) in [6.45, 7) is 1.88. The van der Waals surface area contributed by atoms with Crippen LogP contribution < -0.4 is 5.32 Å². The van der Waals surface area contributed by atoms with Gasteiger partial charge in [0.05, 0.1) is 11.6 Å². The lowest BCUT2D eigenvalue weighted by Gasteiger charge is -2.05. The van der Waals surface area contributed by atoms with Crippen molar-refractivity contribution in [2.75, 3.05) is 11.1 Å². The molecular weight excluding hydrogens is 286 g/mol. The van der Waals surface area contributed by atoms with Gasteiger partial charge in [-0.2, -0.15) is 5.26 Å². The second-order valence-electron chi connectivity index (χ2n) is 4.43. The number of anilines is 1. The van der Waals surface area contributed by atoms with Crippen molar-refractivity contribution in [3.63, 3.8) is 0 Å². The lowest BCUT2D eigenvalue weighted by molar-refractivity contribution is -0.115. The normalized spacial score (nSPS) is 10.1. The molecule has 0 bridgehead atoms. The van der Waals surface area contributed by atoms with Crippen LogP contribution in [0.1, 0.15) is 17.8 Å². The van der Waals surface area contributed by atoms with E-state index in [1.54, 1.807) is 24.3 Å². The van der Waals surface area contributed by atoms with Gasteiger partial charge in [0, 0.05) is 24.9 Å². The fourth-order valence-corrected chi connectivity index (χ4v) is 2.53. The average Bonchev–Trinajstić information content (AvgIpc) is 2.79. The summed E-state index contributed by atoms with van der Waals surface area (Å²) < 4.78 is 1.89. The minimum Gasteiger partial charge on any atom is -0.326 e. The SMILES string of the molecule is Cc1nnc(SCCC(=O)Nc2cccc(C#N)c2)n1C. The number of hydrogen-bond acceptors (Lipinski definition) is 5. The van der Waals surface area contributed by atoms with E-state index in [0.29, 0.717) is 23.4 Å². The second kappa shape index (κ2) is 6.90. The molecular formula is C14H15N5OS. The molecule has 2 rings (SSSR count). The van der Waals surface area contributed by atoms with E-state index in [0.717, 1.165) is 11.0 Å². The van der Waals surface area contributed by atoms with Gasteiger partial charge in [-0.1, -0.05) is 17.8 Å². The van der Waals surface area contributed by atoms with Crippen molar-refractivity contribution in [1.29, 1.82) is 5.26 Å². The molecule has 0 aliphatic heterocycles. The molecule has 0 atom stereocenters. The molecule has 2 aromatic rings. The summed E-state index contributed by atoms with van der Waals surface area (Å²) in [5.74, 6) is 1.38. The Kier molecular flexibility index (Phi) is 4.95. The van der Waals surface area contributed by atoms with Crippen molar-refractivity contribution in [2.45, 2.75) is 18.5 Å². The van der Waals surface area contributed by atoms with Crippen LogP contribution in [0.2, 0.25) is 0 Å². The minimum absolute atomic E-state index is 0.0866. The van der Waals surface area contributed by atoms with Crippen molar-refractivity contribution in [3.05, 3.63) is 35.7 Å². The van der Waals surface area contributed by atoms with Crippen LogP contribution in [-0.4, -0.2) is 26.4 Å². The van der Waals surface area contributed by atoms with Crippen LogP contribution in [0.3, 0.4) is 0 Å². The van der Waals surface area contributed by atoms with E-state index < -0.39 is 0 Å². The minimum atomic E-state index is -0.0866. The molecule has 0 aliphatic carbocycles. The highest BCUT2D eigenvalue weighted by molar-refractivity contribution is 7.99. The zero-order chi connectivity index (χ0) is 15.2. The Bertz CT molecular complexity index is 689. The number of nitriles is 1. The van der Waals surface area contributed by atoms with Gasteiger partial charge in [-0.3, -0.25) is 4.79 Å². The standard InChI is InChI=1S/C14H15N5OS/c1-10-17-18-14(19(10)2)21-7-6-13(20)16-12-5-3-4-11(8-12)9-15/h3-5,8H,6-7H2,1-2H3,(H,16,20). The van der Waals surface area contributed by atoms with Crippen LogP contribution >= 0.6 is 11.8 Å². The van der Waals surface area contributed by atoms with Crippen LogP contribution in [0, 0.1) is 18.3 Å². The monoisotopic (exact) mass is 301 g/mol. The predicted molar refractivity (Wildman–Crippen MR) is 80.9 cm³/mol. The summed E-state index contributed by atoms with van der Waals surface area (Å²) in [6.07, 6.45) is 0.368. The number of aryl methyl sites for hydroxylation is 1. The largest absolute Gasteiger partial charge is 0.326 e. The molecule has 21 heavy (non-hydrogen) atoms. The number of rotatable bonds is 5. The van der Waals surface area contributed by atoms with Crippen LogP contribution in [0.15, 0.2) is 29.4 Å². The molecule has 0 spiro atoms. The second-order valence-corrected chi connectivity index (χ2v) is 5.49. The van der Waals surface area contributed by atoms with Gasteiger partial charge in [0.15, 0.2) is 5.16 Å². The van der Waals surface area contributed by atoms with Gasteiger partial charge in [0.1, 0.15) is 5.82 Å². The van der Waals surface area contributed by atoms with Crippen molar-refractivity contribution in [2.24, 2.45) is 7.05 Å². The summed E-state index contributed by atoms with van der Waals surface area (Å²) >= 11 is 1.49. The topological polar surface area (TPSA) is 83.6 Å². The van der Waals surface area contributed by atoms with Crippen LogP contribution in [0.25, 0.3) is 0 Å². The smallest absolute Gasteiger partial charge is 0.225 e. The summed E-state index contributed by atoms with van der Waals surface area (Å²) in [7, 11) is 1.89. The number of amides is 1. The molecule has 0 fully saturated rings. The van der Waals surface area contributed by atoms with E-state index in [1.807, 2.05) is 24.6 Å². The fraction of sp³-hybridized carbons (Fsp3) is 0.286. The van der Waals surface area contributed by atoms with Crippen LogP contribution in [-0.2, 0) is 11.8 Å². The molecule has 1 aromatic carbocycles. The Morgan fingerprint density at radius 1 is 1.48 bits per heavy atom. The number of nitrogens with one attached hydrogen (secondary N) is 1. The Morgan fingerprint density at radius 2 is 2.29 bits per heavy atom. The van der Waals surface area contributed by atoms with E-state index >= 15 is 0 Å². The van der Waals surface area contributed by atoms with E-state index in [-0.39, 0.29) is 5.91 Å². The van der Waals surface area contributed by atoms with Gasteiger partial charge < -0.3 is 9.88 Å². The molecule has 1 aromatic heterocycles. The third-order valence-corrected chi connectivity index (χ3v) is 3.91. The summed E-state index contributed by atoms with van der Waals surface area (Å²) in [4.78, 5) is 11.8. The van der Waals surface area contributed by atoms with Gasteiger partial charge in [-0.15, -0.1) is 10.2 Å². The zero-order valence-electron chi connectivity index (χ0n) is 11.8. The van der Waals surface area contributed by atoms with Gasteiger partial charge in [-0.25, -0.2) is 0 Å². The Morgan fingerprint density at radius 3 is 2.95 bits per heavy atom. The zero-order valence-corrected chi connectivity index (χ0v) is 12.6. The van der Waals surface area contributed by atoms with E-state index in [9.17, 15) is 4.79 Å². The quantitative estimate of drug-likeness (QED) is 0.855. The van der Waals surface area contributed by atoms with E-state index in [1.165, 1.54) is 11.8 Å². The third kappa shape index (κ3) is 4.07. The van der Waals surface area contributed by atoms with Crippen molar-refractivity contribution >= 4 is 23.4 Å². The maximum absolute atomic E-state index is 11.8. The van der Waals surface area contributed by atoms with Crippen molar-refractivity contribution in [1.82, 2.24) is 14.8 Å². The first kappa shape index (κ1) is 15.1. The average molecular weight is 301 g/mol. The molecule has 0 saturated carbocycles. The molecule has 0 radical (unpaired) electrons. The molecule has 7 heteroatoms. The van der Waals surface area contributed by atoms with Gasteiger partial charge in [0.2, 0.25) is 5.91 Å². The molecule has 1 amide bonds.